The first kappa shape index (κ1) is 13.3. The fourth-order valence-electron chi connectivity index (χ4n) is 1.40. The number of nitro benzene ring substituents is 1. The fourth-order valence-corrected chi connectivity index (χ4v) is 1.56. The Morgan fingerprint density at radius 1 is 1.37 bits per heavy atom. The fraction of sp³-hybridized carbons (Fsp3) is 0.0833. The molecular weight excluding hydrogens is 272 g/mol. The van der Waals surface area contributed by atoms with E-state index in [0.717, 1.165) is 0 Å². The van der Waals surface area contributed by atoms with Crippen LogP contribution in [0.3, 0.4) is 0 Å². The quantitative estimate of drug-likeness (QED) is 0.687. The minimum Gasteiger partial charge on any atom is -0.432 e. The zero-order valence-electron chi connectivity index (χ0n) is 9.62. The summed E-state index contributed by atoms with van der Waals surface area (Å²) in [6.45, 7) is -0.134. The average Bonchev–Trinajstić information content (AvgIpc) is 2.39. The van der Waals surface area contributed by atoms with Gasteiger partial charge in [-0.2, -0.15) is 0 Å². The molecule has 0 spiro atoms. The monoisotopic (exact) mass is 280 g/mol. The molecule has 2 rings (SSSR count). The van der Waals surface area contributed by atoms with Crippen LogP contribution in [0, 0.1) is 10.1 Å². The largest absolute Gasteiger partial charge is 0.432 e. The Morgan fingerprint density at radius 3 is 2.74 bits per heavy atom. The van der Waals surface area contributed by atoms with E-state index in [1.807, 2.05) is 0 Å². The minimum atomic E-state index is -0.562. The van der Waals surface area contributed by atoms with Crippen LogP contribution in [0.4, 0.5) is 5.69 Å². The number of pyridine rings is 1. The average molecular weight is 281 g/mol. The summed E-state index contributed by atoms with van der Waals surface area (Å²) >= 11 is 5.78. The molecule has 98 valence electrons. The van der Waals surface area contributed by atoms with E-state index in [-0.39, 0.29) is 23.9 Å². The summed E-state index contributed by atoms with van der Waals surface area (Å²) in [6, 6.07) is 7.14. The van der Waals surface area contributed by atoms with Crippen molar-refractivity contribution in [2.75, 3.05) is 0 Å². The van der Waals surface area contributed by atoms with E-state index < -0.39 is 4.92 Å². The summed E-state index contributed by atoms with van der Waals surface area (Å²) in [5.41, 5.74) is 0.422. The second-order valence-corrected chi connectivity index (χ2v) is 4.07. The molecule has 0 saturated carbocycles. The number of hydrogen-bond acceptors (Lipinski definition) is 5. The number of ether oxygens (including phenoxy) is 1. The predicted molar refractivity (Wildman–Crippen MR) is 68.3 cm³/mol. The molecule has 0 aliphatic rings. The molecule has 6 nitrogen and oxygen atoms in total. The molecule has 0 amide bonds. The number of hydrogen-bond donors (Lipinski definition) is 1. The molecule has 0 aliphatic carbocycles. The van der Waals surface area contributed by atoms with Crippen LogP contribution in [0.25, 0.3) is 0 Å². The van der Waals surface area contributed by atoms with Crippen molar-refractivity contribution in [3.05, 3.63) is 57.2 Å². The molecule has 0 saturated heterocycles. The van der Waals surface area contributed by atoms with Crippen LogP contribution >= 0.6 is 11.6 Å². The summed E-state index contributed by atoms with van der Waals surface area (Å²) in [5, 5.41) is 20.1. The molecule has 0 radical (unpaired) electrons. The third-order valence-electron chi connectivity index (χ3n) is 2.31. The second kappa shape index (κ2) is 5.64. The van der Waals surface area contributed by atoms with Gasteiger partial charge in [-0.15, -0.1) is 0 Å². The van der Waals surface area contributed by atoms with Crippen LogP contribution in [-0.2, 0) is 6.61 Å². The standard InChI is InChI=1S/C12H9ClN2O4/c13-9-2-3-10(15(17)18)11(5-9)19-12-4-1-8(7-16)6-14-12/h1-6,16H,7H2. The van der Waals surface area contributed by atoms with Gasteiger partial charge in [0, 0.05) is 29.4 Å². The first-order valence-electron chi connectivity index (χ1n) is 5.27. The van der Waals surface area contributed by atoms with Crippen LogP contribution in [0.2, 0.25) is 5.02 Å². The SMILES string of the molecule is O=[N+]([O-])c1ccc(Cl)cc1Oc1ccc(CO)cn1. The number of aromatic nitrogens is 1. The molecule has 0 aliphatic heterocycles. The summed E-state index contributed by atoms with van der Waals surface area (Å²) in [6.07, 6.45) is 1.42. The molecule has 1 aromatic carbocycles. The normalized spacial score (nSPS) is 10.2. The number of nitro groups is 1. The van der Waals surface area contributed by atoms with Gasteiger partial charge in [0.05, 0.1) is 11.5 Å². The van der Waals surface area contributed by atoms with Gasteiger partial charge in [-0.3, -0.25) is 10.1 Å². The third kappa shape index (κ3) is 3.18. The number of benzene rings is 1. The topological polar surface area (TPSA) is 85.5 Å². The van der Waals surface area contributed by atoms with E-state index >= 15 is 0 Å². The molecule has 19 heavy (non-hydrogen) atoms. The van der Waals surface area contributed by atoms with Crippen molar-refractivity contribution in [1.29, 1.82) is 0 Å². The molecule has 1 N–H and O–H groups in total. The van der Waals surface area contributed by atoms with Crippen molar-refractivity contribution in [3.8, 4) is 11.6 Å². The van der Waals surface area contributed by atoms with Gasteiger partial charge in [0.2, 0.25) is 11.6 Å². The van der Waals surface area contributed by atoms with Crippen molar-refractivity contribution in [3.63, 3.8) is 0 Å². The summed E-state index contributed by atoms with van der Waals surface area (Å²) in [5.74, 6) is 0.198. The van der Waals surface area contributed by atoms with E-state index in [9.17, 15) is 10.1 Å². The molecule has 7 heteroatoms. The smallest absolute Gasteiger partial charge is 0.311 e. The zero-order chi connectivity index (χ0) is 13.8. The third-order valence-corrected chi connectivity index (χ3v) is 2.55. The number of rotatable bonds is 4. The lowest BCUT2D eigenvalue weighted by atomic mass is 10.3. The summed E-state index contributed by atoms with van der Waals surface area (Å²) in [4.78, 5) is 14.2. The Bertz CT molecular complexity index is 601. The highest BCUT2D eigenvalue weighted by Crippen LogP contribution is 2.32. The van der Waals surface area contributed by atoms with E-state index in [2.05, 4.69) is 4.98 Å². The van der Waals surface area contributed by atoms with Gasteiger partial charge >= 0.3 is 5.69 Å². The highest BCUT2D eigenvalue weighted by atomic mass is 35.5. The Balaban J connectivity index is 2.31. The van der Waals surface area contributed by atoms with E-state index in [1.54, 1.807) is 6.07 Å². The lowest BCUT2D eigenvalue weighted by molar-refractivity contribution is -0.385. The van der Waals surface area contributed by atoms with E-state index in [4.69, 9.17) is 21.4 Å². The van der Waals surface area contributed by atoms with Crippen molar-refractivity contribution in [2.45, 2.75) is 6.61 Å². The Labute approximate surface area is 113 Å². The van der Waals surface area contributed by atoms with Gasteiger partial charge in [0.25, 0.3) is 0 Å². The first-order chi connectivity index (χ1) is 9.10. The lowest BCUT2D eigenvalue weighted by Gasteiger charge is -2.06. The minimum absolute atomic E-state index is 0.0155. The highest BCUT2D eigenvalue weighted by Gasteiger charge is 2.16. The predicted octanol–water partition coefficient (Wildman–Crippen LogP) is 2.93. The van der Waals surface area contributed by atoms with Crippen molar-refractivity contribution in [2.24, 2.45) is 0 Å². The molecule has 0 atom stereocenters. The van der Waals surface area contributed by atoms with Crippen LogP contribution < -0.4 is 4.74 Å². The van der Waals surface area contributed by atoms with Crippen LogP contribution in [0.1, 0.15) is 5.56 Å². The lowest BCUT2D eigenvalue weighted by Crippen LogP contribution is -1.95. The van der Waals surface area contributed by atoms with Gasteiger partial charge < -0.3 is 9.84 Å². The molecule has 2 aromatic rings. The maximum Gasteiger partial charge on any atom is 0.311 e. The van der Waals surface area contributed by atoms with E-state index in [0.29, 0.717) is 10.6 Å². The van der Waals surface area contributed by atoms with Gasteiger partial charge in [0.15, 0.2) is 0 Å². The molecule has 0 fully saturated rings. The highest BCUT2D eigenvalue weighted by molar-refractivity contribution is 6.30. The van der Waals surface area contributed by atoms with Crippen LogP contribution in [0.5, 0.6) is 11.6 Å². The molecule has 1 aromatic heterocycles. The number of halogens is 1. The summed E-state index contributed by atoms with van der Waals surface area (Å²) in [7, 11) is 0. The number of nitrogens with zero attached hydrogens (tertiary/aromatic N) is 2. The molecule has 0 bridgehead atoms. The Kier molecular flexibility index (Phi) is 3.94. The number of aliphatic hydroxyl groups is 1. The maximum absolute atomic E-state index is 10.9. The molecular formula is C12H9ClN2O4. The summed E-state index contributed by atoms with van der Waals surface area (Å²) < 4.78 is 5.33. The van der Waals surface area contributed by atoms with Gasteiger partial charge in [-0.25, -0.2) is 4.98 Å². The van der Waals surface area contributed by atoms with Crippen molar-refractivity contribution < 1.29 is 14.8 Å². The second-order valence-electron chi connectivity index (χ2n) is 3.63. The van der Waals surface area contributed by atoms with Crippen LogP contribution in [-0.4, -0.2) is 15.0 Å². The molecule has 0 unspecified atom stereocenters. The zero-order valence-corrected chi connectivity index (χ0v) is 10.4. The van der Waals surface area contributed by atoms with Gasteiger partial charge in [0.1, 0.15) is 0 Å². The van der Waals surface area contributed by atoms with E-state index in [1.165, 1.54) is 30.5 Å². The van der Waals surface area contributed by atoms with Crippen LogP contribution in [0.15, 0.2) is 36.5 Å². The van der Waals surface area contributed by atoms with Crippen molar-refractivity contribution >= 4 is 17.3 Å². The Morgan fingerprint density at radius 2 is 2.16 bits per heavy atom. The first-order valence-corrected chi connectivity index (χ1v) is 5.65. The number of aliphatic hydroxyl groups excluding tert-OH is 1. The molecule has 1 heterocycles. The van der Waals surface area contributed by atoms with Crippen molar-refractivity contribution in [1.82, 2.24) is 4.98 Å². The van der Waals surface area contributed by atoms with Gasteiger partial charge in [-0.1, -0.05) is 11.6 Å². The van der Waals surface area contributed by atoms with Gasteiger partial charge in [-0.05, 0) is 17.7 Å². The Hall–Kier alpha value is -2.18. The maximum atomic E-state index is 10.9.